The van der Waals surface area contributed by atoms with E-state index in [0.717, 1.165) is 30.9 Å². The Morgan fingerprint density at radius 2 is 1.71 bits per heavy atom. The van der Waals surface area contributed by atoms with Gasteiger partial charge in [0.05, 0.1) is 32.4 Å². The number of carbonyl (C=O) groups is 2. The zero-order valence-electron chi connectivity index (χ0n) is 16.4. The minimum atomic E-state index is -0.359. The first kappa shape index (κ1) is 19.9. The highest BCUT2D eigenvalue weighted by Crippen LogP contribution is 2.24. The summed E-state index contributed by atoms with van der Waals surface area (Å²) in [4.78, 5) is 26.4. The predicted octanol–water partition coefficient (Wildman–Crippen LogP) is 1.92. The molecule has 0 bridgehead atoms. The van der Waals surface area contributed by atoms with Crippen LogP contribution in [-0.2, 0) is 16.0 Å². The van der Waals surface area contributed by atoms with Gasteiger partial charge in [-0.2, -0.15) is 0 Å². The maximum atomic E-state index is 12.7. The van der Waals surface area contributed by atoms with E-state index in [4.69, 9.17) is 9.47 Å². The molecule has 0 spiro atoms. The van der Waals surface area contributed by atoms with Crippen molar-refractivity contribution in [2.75, 3.05) is 25.2 Å². The van der Waals surface area contributed by atoms with E-state index < -0.39 is 0 Å². The normalized spacial score (nSPS) is 16.5. The molecule has 2 N–H and O–H groups in total. The molecule has 1 saturated heterocycles. The number of hydrogen-bond acceptors (Lipinski definition) is 4. The number of imide groups is 1. The summed E-state index contributed by atoms with van der Waals surface area (Å²) in [6, 6.07) is 14.6. The Morgan fingerprint density at radius 3 is 2.36 bits per heavy atom. The molecule has 0 aromatic heterocycles. The second-order valence-electron chi connectivity index (χ2n) is 6.84. The molecule has 1 aliphatic rings. The summed E-state index contributed by atoms with van der Waals surface area (Å²) >= 11 is 0. The molecule has 2 aromatic rings. The molecule has 0 radical (unpaired) electrons. The maximum absolute atomic E-state index is 12.7. The molecule has 2 aromatic carbocycles. The van der Waals surface area contributed by atoms with Crippen LogP contribution in [0.4, 0.5) is 5.69 Å². The smallest absolute Gasteiger partial charge is 0.292 e. The monoisotopic (exact) mass is 383 g/mol. The lowest BCUT2D eigenvalue weighted by Gasteiger charge is -2.15. The largest absolute Gasteiger partial charge is 0.497 e. The number of carbonyl (C=O) groups excluding carboxylic acids is 2. The van der Waals surface area contributed by atoms with Gasteiger partial charge in [-0.05, 0) is 48.4 Å². The minimum absolute atomic E-state index is 0.151. The van der Waals surface area contributed by atoms with Gasteiger partial charge in [0, 0.05) is 6.42 Å². The number of nitrogens with two attached hydrogens (primary N) is 1. The Morgan fingerprint density at radius 1 is 1.04 bits per heavy atom. The number of rotatable bonds is 9. The van der Waals surface area contributed by atoms with Crippen LogP contribution in [0.15, 0.2) is 48.5 Å². The van der Waals surface area contributed by atoms with E-state index in [0.29, 0.717) is 12.3 Å². The first-order valence-electron chi connectivity index (χ1n) is 9.68. The molecule has 1 aliphatic heterocycles. The van der Waals surface area contributed by atoms with E-state index >= 15 is 0 Å². The fourth-order valence-corrected chi connectivity index (χ4v) is 3.27. The SMILES string of the molecule is CCCOc1ccc(N2C(=O)C[C@H]([NH2+]CCc3ccc(OC)cc3)C2=O)cc1. The standard InChI is InChI=1S/C22H26N2O4/c1-3-14-28-19-10-6-17(7-11-19)24-21(25)15-20(22(24)26)23-13-12-16-4-8-18(27-2)9-5-16/h4-11,20,23H,3,12-15H2,1-2H3/p+1/t20-/m0/s1. The van der Waals surface area contributed by atoms with Gasteiger partial charge in [0.2, 0.25) is 5.91 Å². The highest BCUT2D eigenvalue weighted by molar-refractivity contribution is 6.21. The number of methoxy groups -OCH3 is 1. The Kier molecular flexibility index (Phi) is 6.66. The van der Waals surface area contributed by atoms with Crippen molar-refractivity contribution in [2.24, 2.45) is 0 Å². The van der Waals surface area contributed by atoms with Crippen molar-refractivity contribution < 1.29 is 24.4 Å². The van der Waals surface area contributed by atoms with E-state index in [9.17, 15) is 9.59 Å². The molecular formula is C22H27N2O4+. The molecule has 0 saturated carbocycles. The Hall–Kier alpha value is -2.86. The number of amides is 2. The van der Waals surface area contributed by atoms with Crippen molar-refractivity contribution in [3.05, 3.63) is 54.1 Å². The van der Waals surface area contributed by atoms with Crippen molar-refractivity contribution >= 4 is 17.5 Å². The second-order valence-corrected chi connectivity index (χ2v) is 6.84. The molecular weight excluding hydrogens is 356 g/mol. The maximum Gasteiger partial charge on any atom is 0.292 e. The summed E-state index contributed by atoms with van der Waals surface area (Å²) in [5.41, 5.74) is 1.78. The van der Waals surface area contributed by atoms with Gasteiger partial charge < -0.3 is 14.8 Å². The van der Waals surface area contributed by atoms with Gasteiger partial charge in [0.15, 0.2) is 6.04 Å². The molecule has 3 rings (SSSR count). The van der Waals surface area contributed by atoms with Crippen LogP contribution in [0.3, 0.4) is 0 Å². The van der Waals surface area contributed by atoms with Crippen LogP contribution < -0.4 is 19.7 Å². The second kappa shape index (κ2) is 9.37. The summed E-state index contributed by atoms with van der Waals surface area (Å²) < 4.78 is 10.7. The highest BCUT2D eigenvalue weighted by Gasteiger charge is 2.42. The van der Waals surface area contributed by atoms with Crippen LogP contribution in [0.25, 0.3) is 0 Å². The Labute approximate surface area is 165 Å². The summed E-state index contributed by atoms with van der Waals surface area (Å²) in [5.74, 6) is 1.26. The van der Waals surface area contributed by atoms with Crippen molar-refractivity contribution in [2.45, 2.75) is 32.2 Å². The highest BCUT2D eigenvalue weighted by atomic mass is 16.5. The lowest BCUT2D eigenvalue weighted by molar-refractivity contribution is -0.674. The van der Waals surface area contributed by atoms with Crippen molar-refractivity contribution in [3.8, 4) is 11.5 Å². The number of benzene rings is 2. The van der Waals surface area contributed by atoms with E-state index in [1.165, 1.54) is 10.5 Å². The first-order chi connectivity index (χ1) is 13.6. The van der Waals surface area contributed by atoms with Gasteiger partial charge in [0.25, 0.3) is 5.91 Å². The summed E-state index contributed by atoms with van der Waals surface area (Å²) in [7, 11) is 1.64. The van der Waals surface area contributed by atoms with Gasteiger partial charge in [-0.25, -0.2) is 4.90 Å². The molecule has 1 fully saturated rings. The summed E-state index contributed by atoms with van der Waals surface area (Å²) in [6.45, 7) is 3.43. The number of nitrogens with zero attached hydrogens (tertiary/aromatic N) is 1. The fraction of sp³-hybridized carbons (Fsp3) is 0.364. The van der Waals surface area contributed by atoms with E-state index in [2.05, 4.69) is 0 Å². The van der Waals surface area contributed by atoms with E-state index in [1.807, 2.05) is 36.5 Å². The van der Waals surface area contributed by atoms with Crippen LogP contribution in [0.5, 0.6) is 11.5 Å². The van der Waals surface area contributed by atoms with Gasteiger partial charge in [-0.1, -0.05) is 19.1 Å². The van der Waals surface area contributed by atoms with Crippen molar-refractivity contribution in [3.63, 3.8) is 0 Å². The van der Waals surface area contributed by atoms with Crippen LogP contribution in [0.1, 0.15) is 25.3 Å². The summed E-state index contributed by atoms with van der Waals surface area (Å²) in [5, 5.41) is 1.96. The molecule has 1 atom stereocenters. The third-order valence-corrected chi connectivity index (χ3v) is 4.79. The number of hydrogen-bond donors (Lipinski definition) is 1. The third kappa shape index (κ3) is 4.70. The summed E-state index contributed by atoms with van der Waals surface area (Å²) in [6.07, 6.45) is 1.99. The number of anilines is 1. The molecule has 2 amide bonds. The van der Waals surface area contributed by atoms with Crippen LogP contribution in [-0.4, -0.2) is 38.1 Å². The van der Waals surface area contributed by atoms with Gasteiger partial charge in [-0.15, -0.1) is 0 Å². The van der Waals surface area contributed by atoms with Crippen LogP contribution in [0, 0.1) is 0 Å². The topological polar surface area (TPSA) is 72.4 Å². The number of ether oxygens (including phenoxy) is 2. The van der Waals surface area contributed by atoms with Gasteiger partial charge in [0.1, 0.15) is 11.5 Å². The van der Waals surface area contributed by atoms with Crippen LogP contribution in [0.2, 0.25) is 0 Å². The Balaban J connectivity index is 1.55. The minimum Gasteiger partial charge on any atom is -0.497 e. The van der Waals surface area contributed by atoms with Gasteiger partial charge >= 0.3 is 0 Å². The van der Waals surface area contributed by atoms with Crippen molar-refractivity contribution in [1.29, 1.82) is 0 Å². The fourth-order valence-electron chi connectivity index (χ4n) is 3.27. The lowest BCUT2D eigenvalue weighted by atomic mass is 10.1. The van der Waals surface area contributed by atoms with Crippen molar-refractivity contribution in [1.82, 2.24) is 0 Å². The van der Waals surface area contributed by atoms with E-state index in [1.54, 1.807) is 31.4 Å². The molecule has 1 heterocycles. The lowest BCUT2D eigenvalue weighted by Crippen LogP contribution is -2.92. The molecule has 28 heavy (non-hydrogen) atoms. The Bertz CT molecular complexity index is 802. The molecule has 6 heteroatoms. The quantitative estimate of drug-likeness (QED) is 0.672. The molecule has 0 unspecified atom stereocenters. The average molecular weight is 383 g/mol. The molecule has 6 nitrogen and oxygen atoms in total. The van der Waals surface area contributed by atoms with Crippen LogP contribution >= 0.6 is 0 Å². The predicted molar refractivity (Wildman–Crippen MR) is 107 cm³/mol. The zero-order chi connectivity index (χ0) is 19.9. The average Bonchev–Trinajstić information content (AvgIpc) is 3.00. The molecule has 0 aliphatic carbocycles. The van der Waals surface area contributed by atoms with Gasteiger partial charge in [-0.3, -0.25) is 9.59 Å². The third-order valence-electron chi connectivity index (χ3n) is 4.79. The number of quaternary nitrogens is 1. The molecule has 148 valence electrons. The van der Waals surface area contributed by atoms with E-state index in [-0.39, 0.29) is 24.3 Å². The first-order valence-corrected chi connectivity index (χ1v) is 9.68. The zero-order valence-corrected chi connectivity index (χ0v) is 16.4.